The summed E-state index contributed by atoms with van der Waals surface area (Å²) in [6.07, 6.45) is 16.8. The number of thioether (sulfide) groups is 1. The molecule has 3 heteroatoms. The Labute approximate surface area is 193 Å². The molecule has 4 aliphatic rings. The lowest BCUT2D eigenvalue weighted by atomic mass is 9.61. The van der Waals surface area contributed by atoms with Crippen LogP contribution in [0.25, 0.3) is 0 Å². The number of aliphatic hydroxyl groups is 1. The second-order valence-corrected chi connectivity index (χ2v) is 12.1. The molecule has 0 bridgehead atoms. The van der Waals surface area contributed by atoms with Crippen molar-refractivity contribution in [1.29, 1.82) is 0 Å². The van der Waals surface area contributed by atoms with Gasteiger partial charge in [-0.25, -0.2) is 0 Å². The third-order valence-corrected chi connectivity index (χ3v) is 9.95. The van der Waals surface area contributed by atoms with Gasteiger partial charge in [0, 0.05) is 0 Å². The Balaban J connectivity index is 1.52. The smallest absolute Gasteiger partial charge is 0.171 e. The molecular weight excluding hydrogens is 400 g/mol. The molecule has 0 amide bonds. The summed E-state index contributed by atoms with van der Waals surface area (Å²) in [5, 5.41) is 10.3. The van der Waals surface area contributed by atoms with Crippen LogP contribution in [-0.4, -0.2) is 28.0 Å². The Morgan fingerprint density at radius 3 is 2.74 bits per heavy atom. The Bertz CT molecular complexity index is 819. The molecule has 1 aliphatic heterocycles. The summed E-state index contributed by atoms with van der Waals surface area (Å²) in [5.74, 6) is 3.23. The zero-order valence-electron chi connectivity index (χ0n) is 19.7. The first-order chi connectivity index (χ1) is 14.8. The van der Waals surface area contributed by atoms with Crippen LogP contribution in [0.2, 0.25) is 0 Å². The fourth-order valence-electron chi connectivity index (χ4n) is 6.98. The highest BCUT2D eigenvalue weighted by Gasteiger charge is 2.50. The lowest BCUT2D eigenvalue weighted by Crippen LogP contribution is -2.36. The topological polar surface area (TPSA) is 37.3 Å². The molecule has 2 nitrogen and oxygen atoms in total. The molecule has 6 atom stereocenters. The first-order valence-corrected chi connectivity index (χ1v) is 13.5. The van der Waals surface area contributed by atoms with E-state index in [0.29, 0.717) is 29.0 Å². The van der Waals surface area contributed by atoms with Crippen molar-refractivity contribution in [2.45, 2.75) is 89.9 Å². The molecule has 0 aromatic carbocycles. The zero-order chi connectivity index (χ0) is 22.2. The highest BCUT2D eigenvalue weighted by Crippen LogP contribution is 2.59. The molecule has 1 heterocycles. The van der Waals surface area contributed by atoms with E-state index in [2.05, 4.69) is 45.6 Å². The summed E-state index contributed by atoms with van der Waals surface area (Å²) in [6, 6.07) is 0. The van der Waals surface area contributed by atoms with Crippen molar-refractivity contribution in [2.24, 2.45) is 23.2 Å². The first-order valence-electron chi connectivity index (χ1n) is 12.4. The first kappa shape index (κ1) is 23.1. The number of Topliss-reactive ketones (excluding diaryl/α,β-unsaturated/α-hetero) is 1. The maximum absolute atomic E-state index is 12.6. The van der Waals surface area contributed by atoms with Crippen LogP contribution in [0.5, 0.6) is 0 Å². The van der Waals surface area contributed by atoms with Crippen LogP contribution < -0.4 is 0 Å². The SMILES string of the molecule is C=C1/C(=C\C=C2/CCCC3(C)C2CCC3C(C)/C=C2\CCSC(C)C2=O)CCCC1O. The molecule has 3 aliphatic carbocycles. The third-order valence-electron chi connectivity index (χ3n) is 8.80. The van der Waals surface area contributed by atoms with Crippen molar-refractivity contribution >= 4 is 17.5 Å². The fraction of sp³-hybridized carbons (Fsp3) is 0.679. The van der Waals surface area contributed by atoms with Crippen LogP contribution >= 0.6 is 11.8 Å². The van der Waals surface area contributed by atoms with Gasteiger partial charge in [-0.05, 0) is 110 Å². The molecule has 6 unspecified atom stereocenters. The summed E-state index contributed by atoms with van der Waals surface area (Å²) in [6.45, 7) is 11.1. The lowest BCUT2D eigenvalue weighted by molar-refractivity contribution is -0.115. The summed E-state index contributed by atoms with van der Waals surface area (Å²) in [4.78, 5) is 12.6. The van der Waals surface area contributed by atoms with Crippen molar-refractivity contribution in [2.75, 3.05) is 5.75 Å². The van der Waals surface area contributed by atoms with Gasteiger partial charge in [0.25, 0.3) is 0 Å². The van der Waals surface area contributed by atoms with E-state index in [1.165, 1.54) is 37.7 Å². The largest absolute Gasteiger partial charge is 0.388 e. The Hall–Kier alpha value is -1.06. The van der Waals surface area contributed by atoms with Gasteiger partial charge in [0.1, 0.15) is 0 Å². The Morgan fingerprint density at radius 2 is 1.94 bits per heavy atom. The summed E-state index contributed by atoms with van der Waals surface area (Å²) >= 11 is 1.80. The van der Waals surface area contributed by atoms with Crippen LogP contribution in [-0.2, 0) is 4.79 Å². The van der Waals surface area contributed by atoms with Gasteiger partial charge < -0.3 is 5.11 Å². The minimum Gasteiger partial charge on any atom is -0.388 e. The van der Waals surface area contributed by atoms with E-state index in [4.69, 9.17) is 0 Å². The van der Waals surface area contributed by atoms with E-state index in [1.54, 1.807) is 17.3 Å². The van der Waals surface area contributed by atoms with Crippen molar-refractivity contribution < 1.29 is 9.90 Å². The van der Waals surface area contributed by atoms with Crippen LogP contribution in [0, 0.1) is 23.2 Å². The average Bonchev–Trinajstić information content (AvgIpc) is 3.10. The summed E-state index contributed by atoms with van der Waals surface area (Å²) in [5.41, 5.74) is 5.21. The van der Waals surface area contributed by atoms with Crippen LogP contribution in [0.4, 0.5) is 0 Å². The van der Waals surface area contributed by atoms with Gasteiger partial charge in [-0.3, -0.25) is 4.79 Å². The van der Waals surface area contributed by atoms with Crippen LogP contribution in [0.15, 0.2) is 47.1 Å². The van der Waals surface area contributed by atoms with E-state index < -0.39 is 0 Å². The highest BCUT2D eigenvalue weighted by atomic mass is 32.2. The number of rotatable bonds is 3. The lowest BCUT2D eigenvalue weighted by Gasteiger charge is -2.44. The van der Waals surface area contributed by atoms with E-state index in [1.807, 2.05) is 0 Å². The molecular formula is C28H40O2S. The summed E-state index contributed by atoms with van der Waals surface area (Å²) in [7, 11) is 0. The second kappa shape index (κ2) is 9.43. The number of carbonyl (C=O) groups excluding carboxylic acids is 1. The number of hydrogen-bond acceptors (Lipinski definition) is 3. The van der Waals surface area contributed by atoms with Gasteiger partial charge >= 0.3 is 0 Å². The monoisotopic (exact) mass is 440 g/mol. The minimum atomic E-state index is -0.358. The van der Waals surface area contributed by atoms with Gasteiger partial charge in [-0.15, -0.1) is 0 Å². The predicted octanol–water partition coefficient (Wildman–Crippen LogP) is 6.81. The number of ketones is 1. The van der Waals surface area contributed by atoms with E-state index in [0.717, 1.165) is 42.6 Å². The van der Waals surface area contributed by atoms with Gasteiger partial charge in [0.05, 0.1) is 11.4 Å². The third kappa shape index (κ3) is 4.55. The number of aliphatic hydroxyl groups excluding tert-OH is 1. The van der Waals surface area contributed by atoms with Crippen LogP contribution in [0.1, 0.15) is 78.6 Å². The Morgan fingerprint density at radius 1 is 1.13 bits per heavy atom. The molecule has 0 spiro atoms. The maximum Gasteiger partial charge on any atom is 0.171 e. The van der Waals surface area contributed by atoms with E-state index >= 15 is 0 Å². The molecule has 1 N–H and O–H groups in total. The molecule has 3 saturated carbocycles. The van der Waals surface area contributed by atoms with Crippen molar-refractivity contribution in [3.05, 3.63) is 47.1 Å². The van der Waals surface area contributed by atoms with Gasteiger partial charge in [-0.2, -0.15) is 11.8 Å². The normalized spacial score (nSPS) is 41.7. The van der Waals surface area contributed by atoms with Gasteiger partial charge in [0.15, 0.2) is 5.78 Å². The molecule has 4 rings (SSSR count). The molecule has 0 aromatic heterocycles. The summed E-state index contributed by atoms with van der Waals surface area (Å²) < 4.78 is 0. The molecule has 0 radical (unpaired) electrons. The highest BCUT2D eigenvalue weighted by molar-refractivity contribution is 8.00. The molecule has 4 fully saturated rings. The number of hydrogen-bond donors (Lipinski definition) is 1. The molecule has 170 valence electrons. The predicted molar refractivity (Wildman–Crippen MR) is 132 cm³/mol. The minimum absolute atomic E-state index is 0.129. The van der Waals surface area contributed by atoms with E-state index in [-0.39, 0.29) is 11.4 Å². The van der Waals surface area contributed by atoms with Crippen LogP contribution in [0.3, 0.4) is 0 Å². The van der Waals surface area contributed by atoms with E-state index in [9.17, 15) is 9.90 Å². The molecule has 1 saturated heterocycles. The van der Waals surface area contributed by atoms with Crippen molar-refractivity contribution in [1.82, 2.24) is 0 Å². The molecule has 31 heavy (non-hydrogen) atoms. The number of fused-ring (bicyclic) bond motifs is 1. The number of allylic oxidation sites excluding steroid dienone is 5. The van der Waals surface area contributed by atoms with Crippen molar-refractivity contribution in [3.8, 4) is 0 Å². The second-order valence-electron chi connectivity index (χ2n) is 10.6. The van der Waals surface area contributed by atoms with Gasteiger partial charge in [0.2, 0.25) is 0 Å². The quantitative estimate of drug-likeness (QED) is 0.490. The number of carbonyl (C=O) groups is 1. The molecule has 0 aromatic rings. The van der Waals surface area contributed by atoms with Crippen molar-refractivity contribution in [3.63, 3.8) is 0 Å². The average molecular weight is 441 g/mol. The zero-order valence-corrected chi connectivity index (χ0v) is 20.5. The standard InChI is InChI=1S/C28H40O2S/c1-18(17-23-14-16-31-20(3)27(23)30)24-12-13-25-22(8-6-15-28(24,25)4)11-10-21-7-5-9-26(29)19(21)2/h10-11,17-18,20,24-26,29H,2,5-9,12-16H2,1,3-4H3/b21-10-,22-11+,23-17+. The Kier molecular flexibility index (Phi) is 7.03. The fourth-order valence-corrected chi connectivity index (χ4v) is 7.97. The maximum atomic E-state index is 12.6. The van der Waals surface area contributed by atoms with Gasteiger partial charge in [-0.1, -0.05) is 44.2 Å².